The van der Waals surface area contributed by atoms with Gasteiger partial charge in [-0.05, 0) is 51.0 Å². The van der Waals surface area contributed by atoms with Gasteiger partial charge in [0, 0.05) is 18.4 Å². The topological polar surface area (TPSA) is 69.0 Å². The van der Waals surface area contributed by atoms with Crippen molar-refractivity contribution in [3.8, 4) is 11.4 Å². The zero-order chi connectivity index (χ0) is 21.7. The summed E-state index contributed by atoms with van der Waals surface area (Å²) in [5.41, 5.74) is 5.14. The van der Waals surface area contributed by atoms with E-state index in [-0.39, 0.29) is 11.2 Å². The van der Waals surface area contributed by atoms with E-state index >= 15 is 0 Å². The number of methoxy groups -OCH3 is 1. The summed E-state index contributed by atoms with van der Waals surface area (Å²) in [5, 5.41) is 12.2. The van der Waals surface area contributed by atoms with E-state index in [2.05, 4.69) is 34.6 Å². The molecule has 0 bridgehead atoms. The van der Waals surface area contributed by atoms with E-state index in [9.17, 15) is 4.79 Å². The number of amides is 1. The summed E-state index contributed by atoms with van der Waals surface area (Å²) in [4.78, 5) is 12.8. The molecule has 1 aromatic heterocycles. The van der Waals surface area contributed by atoms with E-state index in [0.717, 1.165) is 33.8 Å². The second kappa shape index (κ2) is 9.91. The van der Waals surface area contributed by atoms with Gasteiger partial charge in [0.2, 0.25) is 5.91 Å². The minimum absolute atomic E-state index is 0.0629. The quantitative estimate of drug-likeness (QED) is 0.534. The van der Waals surface area contributed by atoms with Gasteiger partial charge in [-0.1, -0.05) is 47.7 Å². The first kappa shape index (κ1) is 22.1. The molecule has 0 spiro atoms. The highest BCUT2D eigenvalue weighted by atomic mass is 32.2. The Balaban J connectivity index is 1.81. The summed E-state index contributed by atoms with van der Waals surface area (Å²) in [7, 11) is 1.67. The molecule has 0 unspecified atom stereocenters. The lowest BCUT2D eigenvalue weighted by molar-refractivity contribution is -0.115. The number of hydrogen-bond acceptors (Lipinski definition) is 5. The minimum Gasteiger partial charge on any atom is -0.383 e. The molecule has 158 valence electrons. The summed E-state index contributed by atoms with van der Waals surface area (Å²) in [6.45, 7) is 9.08. The average Bonchev–Trinajstić information content (AvgIpc) is 3.11. The van der Waals surface area contributed by atoms with Gasteiger partial charge in [-0.25, -0.2) is 0 Å². The van der Waals surface area contributed by atoms with Crippen molar-refractivity contribution in [2.24, 2.45) is 0 Å². The molecule has 3 aromatic rings. The van der Waals surface area contributed by atoms with Crippen molar-refractivity contribution in [3.63, 3.8) is 0 Å². The highest BCUT2D eigenvalue weighted by Crippen LogP contribution is 2.28. The van der Waals surface area contributed by atoms with Crippen LogP contribution in [0.2, 0.25) is 0 Å². The van der Waals surface area contributed by atoms with E-state index in [4.69, 9.17) is 4.74 Å². The van der Waals surface area contributed by atoms with Crippen LogP contribution in [0.5, 0.6) is 0 Å². The number of aryl methyl sites for hydroxylation is 3. The van der Waals surface area contributed by atoms with Crippen molar-refractivity contribution in [2.75, 3.05) is 19.0 Å². The van der Waals surface area contributed by atoms with Gasteiger partial charge in [0.15, 0.2) is 11.0 Å². The number of aromatic nitrogens is 3. The fourth-order valence-corrected chi connectivity index (χ4v) is 3.95. The number of nitrogens with zero attached hydrogens (tertiary/aromatic N) is 3. The molecule has 0 aliphatic carbocycles. The SMILES string of the molecule is COCCn1c(S[C@H](C)C(=O)Nc2cc(C)ccc2C)nnc1-c1cccc(C)c1. The molecule has 2 aromatic carbocycles. The summed E-state index contributed by atoms with van der Waals surface area (Å²) < 4.78 is 7.29. The van der Waals surface area contributed by atoms with Crippen LogP contribution in [0.4, 0.5) is 5.69 Å². The summed E-state index contributed by atoms with van der Waals surface area (Å²) in [6, 6.07) is 14.2. The van der Waals surface area contributed by atoms with E-state index in [1.165, 1.54) is 11.8 Å². The molecule has 1 heterocycles. The number of carbonyl (C=O) groups is 1. The second-order valence-corrected chi connectivity index (χ2v) is 8.70. The fraction of sp³-hybridized carbons (Fsp3) is 0.348. The number of anilines is 1. The van der Waals surface area contributed by atoms with E-state index in [0.29, 0.717) is 18.3 Å². The highest BCUT2D eigenvalue weighted by Gasteiger charge is 2.21. The Bertz CT molecular complexity index is 1030. The van der Waals surface area contributed by atoms with Gasteiger partial charge in [0.05, 0.1) is 18.4 Å². The molecule has 7 heteroatoms. The van der Waals surface area contributed by atoms with E-state index < -0.39 is 0 Å². The number of thioether (sulfide) groups is 1. The standard InChI is InChI=1S/C23H28N4O2S/c1-15-7-6-8-19(13-15)21-25-26-23(27(21)11-12-29-5)30-18(4)22(28)24-20-14-16(2)9-10-17(20)3/h6-10,13-14,18H,11-12H2,1-5H3,(H,24,28)/t18-/m1/s1. The third kappa shape index (κ3) is 5.29. The van der Waals surface area contributed by atoms with Gasteiger partial charge in [-0.15, -0.1) is 10.2 Å². The van der Waals surface area contributed by atoms with Crippen LogP contribution in [0, 0.1) is 20.8 Å². The van der Waals surface area contributed by atoms with Gasteiger partial charge in [-0.2, -0.15) is 0 Å². The van der Waals surface area contributed by atoms with Crippen molar-refractivity contribution in [1.82, 2.24) is 14.8 Å². The molecule has 0 aliphatic heterocycles. The lowest BCUT2D eigenvalue weighted by Crippen LogP contribution is -2.23. The molecular weight excluding hydrogens is 396 g/mol. The van der Waals surface area contributed by atoms with Crippen molar-refractivity contribution in [1.29, 1.82) is 0 Å². The minimum atomic E-state index is -0.333. The van der Waals surface area contributed by atoms with Crippen LogP contribution < -0.4 is 5.32 Å². The van der Waals surface area contributed by atoms with Gasteiger partial charge < -0.3 is 10.1 Å². The number of hydrogen-bond donors (Lipinski definition) is 1. The van der Waals surface area contributed by atoms with Crippen molar-refractivity contribution in [3.05, 3.63) is 59.2 Å². The van der Waals surface area contributed by atoms with Crippen molar-refractivity contribution in [2.45, 2.75) is 44.6 Å². The lowest BCUT2D eigenvalue weighted by atomic mass is 10.1. The second-order valence-electron chi connectivity index (χ2n) is 7.39. The summed E-state index contributed by atoms with van der Waals surface area (Å²) in [5.74, 6) is 0.715. The fourth-order valence-electron chi connectivity index (χ4n) is 3.07. The molecule has 0 fully saturated rings. The third-order valence-corrected chi connectivity index (χ3v) is 5.89. The van der Waals surface area contributed by atoms with E-state index in [1.807, 2.05) is 55.7 Å². The Hall–Kier alpha value is -2.64. The Morgan fingerprint density at radius 2 is 1.90 bits per heavy atom. The molecule has 6 nitrogen and oxygen atoms in total. The van der Waals surface area contributed by atoms with Crippen LogP contribution in [0.25, 0.3) is 11.4 Å². The van der Waals surface area contributed by atoms with Gasteiger partial charge in [0.1, 0.15) is 0 Å². The number of carbonyl (C=O) groups excluding carboxylic acids is 1. The normalized spacial score (nSPS) is 12.0. The molecule has 30 heavy (non-hydrogen) atoms. The molecule has 0 aliphatic rings. The molecule has 3 rings (SSSR count). The number of benzene rings is 2. The Morgan fingerprint density at radius 3 is 2.63 bits per heavy atom. The lowest BCUT2D eigenvalue weighted by Gasteiger charge is -2.15. The van der Waals surface area contributed by atoms with Gasteiger partial charge >= 0.3 is 0 Å². The predicted octanol–water partition coefficient (Wildman–Crippen LogP) is 4.64. The third-order valence-electron chi connectivity index (χ3n) is 4.81. The highest BCUT2D eigenvalue weighted by molar-refractivity contribution is 8.00. The van der Waals surface area contributed by atoms with Crippen LogP contribution in [0.1, 0.15) is 23.6 Å². The molecule has 0 saturated heterocycles. The maximum absolute atomic E-state index is 12.8. The number of nitrogens with one attached hydrogen (secondary N) is 1. The first-order valence-electron chi connectivity index (χ1n) is 9.93. The van der Waals surface area contributed by atoms with E-state index in [1.54, 1.807) is 7.11 Å². The van der Waals surface area contributed by atoms with Crippen LogP contribution in [-0.4, -0.2) is 39.6 Å². The maximum atomic E-state index is 12.8. The van der Waals surface area contributed by atoms with Gasteiger partial charge in [0.25, 0.3) is 0 Å². The Kier molecular flexibility index (Phi) is 7.29. The predicted molar refractivity (Wildman–Crippen MR) is 122 cm³/mol. The van der Waals surface area contributed by atoms with Crippen molar-refractivity contribution >= 4 is 23.4 Å². The first-order chi connectivity index (χ1) is 14.4. The average molecular weight is 425 g/mol. The largest absolute Gasteiger partial charge is 0.383 e. The van der Waals surface area contributed by atoms with Crippen LogP contribution >= 0.6 is 11.8 Å². The zero-order valence-electron chi connectivity index (χ0n) is 18.1. The molecule has 1 amide bonds. The Morgan fingerprint density at radius 1 is 1.13 bits per heavy atom. The maximum Gasteiger partial charge on any atom is 0.237 e. The Labute approximate surface area is 182 Å². The summed E-state index contributed by atoms with van der Waals surface area (Å²) in [6.07, 6.45) is 0. The zero-order valence-corrected chi connectivity index (χ0v) is 18.9. The molecule has 0 saturated carbocycles. The molecule has 1 atom stereocenters. The molecule has 0 radical (unpaired) electrons. The van der Waals surface area contributed by atoms with Crippen LogP contribution in [0.3, 0.4) is 0 Å². The van der Waals surface area contributed by atoms with Crippen LogP contribution in [-0.2, 0) is 16.1 Å². The smallest absolute Gasteiger partial charge is 0.237 e. The van der Waals surface area contributed by atoms with Gasteiger partial charge in [-0.3, -0.25) is 9.36 Å². The van der Waals surface area contributed by atoms with Crippen LogP contribution in [0.15, 0.2) is 47.6 Å². The monoisotopic (exact) mass is 424 g/mol. The summed E-state index contributed by atoms with van der Waals surface area (Å²) >= 11 is 1.40. The number of ether oxygens (including phenoxy) is 1. The number of rotatable bonds is 8. The van der Waals surface area contributed by atoms with Crippen molar-refractivity contribution < 1.29 is 9.53 Å². The molecule has 1 N–H and O–H groups in total. The first-order valence-corrected chi connectivity index (χ1v) is 10.8. The molecular formula is C23H28N4O2S.